The lowest BCUT2D eigenvalue weighted by molar-refractivity contribution is -0.117. The first-order valence-electron chi connectivity index (χ1n) is 10.1. The lowest BCUT2D eigenvalue weighted by Crippen LogP contribution is -2.32. The van der Waals surface area contributed by atoms with Crippen LogP contribution in [0.4, 0.5) is 5.69 Å². The van der Waals surface area contributed by atoms with Crippen LogP contribution in [-0.4, -0.2) is 50.2 Å². The van der Waals surface area contributed by atoms with Gasteiger partial charge in [-0.05, 0) is 62.4 Å². The molecule has 2 aromatic carbocycles. The summed E-state index contributed by atoms with van der Waals surface area (Å²) in [5.41, 5.74) is 2.12. The van der Waals surface area contributed by atoms with E-state index in [1.165, 1.54) is 0 Å². The zero-order valence-electron chi connectivity index (χ0n) is 18.1. The molecule has 0 saturated carbocycles. The van der Waals surface area contributed by atoms with Crippen molar-refractivity contribution < 1.29 is 23.8 Å². The lowest BCUT2D eigenvalue weighted by atomic mass is 10.2. The van der Waals surface area contributed by atoms with Crippen molar-refractivity contribution in [3.05, 3.63) is 53.6 Å². The molecule has 0 aliphatic heterocycles. The molecule has 2 rings (SSSR count). The molecule has 0 spiro atoms. The van der Waals surface area contributed by atoms with Crippen LogP contribution in [0.25, 0.3) is 0 Å². The third-order valence-electron chi connectivity index (χ3n) is 4.43. The number of carbonyl (C=O) groups is 2. The Hall–Kier alpha value is -3.06. The SMILES string of the molecule is CCOC(=O)c1ccc(NC(=O)CN(CC)Cc2ccc(OCC)c(OC)c2)cc1. The maximum Gasteiger partial charge on any atom is 0.338 e. The van der Waals surface area contributed by atoms with E-state index in [1.807, 2.05) is 36.9 Å². The molecule has 1 amide bonds. The third-order valence-corrected chi connectivity index (χ3v) is 4.43. The van der Waals surface area contributed by atoms with Gasteiger partial charge in [0.1, 0.15) is 0 Å². The van der Waals surface area contributed by atoms with E-state index in [9.17, 15) is 9.59 Å². The molecule has 0 aliphatic rings. The minimum atomic E-state index is -0.377. The number of likely N-dealkylation sites (N-methyl/N-ethyl adjacent to an activating group) is 1. The van der Waals surface area contributed by atoms with E-state index in [0.29, 0.717) is 49.1 Å². The number of rotatable bonds is 11. The van der Waals surface area contributed by atoms with Crippen molar-refractivity contribution in [1.29, 1.82) is 0 Å². The van der Waals surface area contributed by atoms with Gasteiger partial charge in [0.05, 0.1) is 32.4 Å². The largest absolute Gasteiger partial charge is 0.493 e. The summed E-state index contributed by atoms with van der Waals surface area (Å²) in [4.78, 5) is 26.2. The molecule has 0 bridgehead atoms. The number of ether oxygens (including phenoxy) is 3. The van der Waals surface area contributed by atoms with Gasteiger partial charge in [-0.1, -0.05) is 13.0 Å². The molecular formula is C23H30N2O5. The number of nitrogens with zero attached hydrogens (tertiary/aromatic N) is 1. The molecule has 7 heteroatoms. The highest BCUT2D eigenvalue weighted by molar-refractivity contribution is 5.94. The van der Waals surface area contributed by atoms with Gasteiger partial charge in [-0.15, -0.1) is 0 Å². The second-order valence-electron chi connectivity index (χ2n) is 6.57. The van der Waals surface area contributed by atoms with Gasteiger partial charge in [-0.3, -0.25) is 9.69 Å². The van der Waals surface area contributed by atoms with E-state index >= 15 is 0 Å². The first kappa shape index (κ1) is 23.2. The van der Waals surface area contributed by atoms with Crippen molar-refractivity contribution in [3.63, 3.8) is 0 Å². The third kappa shape index (κ3) is 6.77. The van der Waals surface area contributed by atoms with Crippen LogP contribution in [0.5, 0.6) is 11.5 Å². The maximum absolute atomic E-state index is 12.5. The van der Waals surface area contributed by atoms with E-state index in [4.69, 9.17) is 14.2 Å². The Bertz CT molecular complexity index is 836. The summed E-state index contributed by atoms with van der Waals surface area (Å²) in [6.07, 6.45) is 0. The number of carbonyl (C=O) groups excluding carboxylic acids is 2. The van der Waals surface area contributed by atoms with Gasteiger partial charge in [-0.25, -0.2) is 4.79 Å². The maximum atomic E-state index is 12.5. The number of hydrogen-bond acceptors (Lipinski definition) is 6. The Labute approximate surface area is 177 Å². The van der Waals surface area contributed by atoms with Crippen LogP contribution in [-0.2, 0) is 16.1 Å². The van der Waals surface area contributed by atoms with E-state index < -0.39 is 0 Å². The van der Waals surface area contributed by atoms with Gasteiger partial charge in [0.2, 0.25) is 5.91 Å². The number of amides is 1. The summed E-state index contributed by atoms with van der Waals surface area (Å²) in [6.45, 7) is 8.14. The van der Waals surface area contributed by atoms with Crippen LogP contribution >= 0.6 is 0 Å². The Morgan fingerprint density at radius 1 is 0.967 bits per heavy atom. The first-order valence-corrected chi connectivity index (χ1v) is 10.1. The lowest BCUT2D eigenvalue weighted by Gasteiger charge is -2.21. The molecule has 0 aliphatic carbocycles. The second kappa shape index (κ2) is 11.8. The Morgan fingerprint density at radius 3 is 2.30 bits per heavy atom. The zero-order valence-corrected chi connectivity index (χ0v) is 18.1. The Balaban J connectivity index is 1.95. The molecular weight excluding hydrogens is 384 g/mol. The molecule has 0 atom stereocenters. The summed E-state index contributed by atoms with van der Waals surface area (Å²) in [5, 5.41) is 2.86. The average Bonchev–Trinajstić information content (AvgIpc) is 2.75. The molecule has 7 nitrogen and oxygen atoms in total. The second-order valence-corrected chi connectivity index (χ2v) is 6.57. The van der Waals surface area contributed by atoms with Crippen molar-refractivity contribution in [2.24, 2.45) is 0 Å². The van der Waals surface area contributed by atoms with Gasteiger partial charge in [0.15, 0.2) is 11.5 Å². The highest BCUT2D eigenvalue weighted by Crippen LogP contribution is 2.28. The number of methoxy groups -OCH3 is 1. The van der Waals surface area contributed by atoms with Crippen LogP contribution in [0.3, 0.4) is 0 Å². The van der Waals surface area contributed by atoms with Crippen LogP contribution in [0, 0.1) is 0 Å². The molecule has 0 unspecified atom stereocenters. The molecule has 0 fully saturated rings. The number of nitrogens with one attached hydrogen (secondary N) is 1. The van der Waals surface area contributed by atoms with Crippen molar-refractivity contribution in [2.45, 2.75) is 27.3 Å². The van der Waals surface area contributed by atoms with E-state index in [2.05, 4.69) is 5.32 Å². The number of esters is 1. The molecule has 0 radical (unpaired) electrons. The van der Waals surface area contributed by atoms with Gasteiger partial charge in [0.25, 0.3) is 0 Å². The van der Waals surface area contributed by atoms with Crippen LogP contribution in [0.1, 0.15) is 36.7 Å². The van der Waals surface area contributed by atoms with Crippen LogP contribution in [0.15, 0.2) is 42.5 Å². The summed E-state index contributed by atoms with van der Waals surface area (Å²) in [5.74, 6) is 0.879. The standard InChI is InChI=1S/C23H30N2O5/c1-5-25(15-17-8-13-20(29-6-2)21(14-17)28-4)16-22(26)24-19-11-9-18(10-12-19)23(27)30-7-3/h8-14H,5-7,15-16H2,1-4H3,(H,24,26). The minimum Gasteiger partial charge on any atom is -0.493 e. The first-order chi connectivity index (χ1) is 14.5. The van der Waals surface area contributed by atoms with Crippen LogP contribution in [0.2, 0.25) is 0 Å². The molecule has 1 N–H and O–H groups in total. The molecule has 0 saturated heterocycles. The summed E-state index contributed by atoms with van der Waals surface area (Å²) >= 11 is 0. The van der Waals surface area contributed by atoms with Gasteiger partial charge >= 0.3 is 5.97 Å². The fourth-order valence-electron chi connectivity index (χ4n) is 2.93. The van der Waals surface area contributed by atoms with Gasteiger partial charge < -0.3 is 19.5 Å². The molecule has 162 valence electrons. The summed E-state index contributed by atoms with van der Waals surface area (Å²) < 4.78 is 15.9. The molecule has 0 heterocycles. The average molecular weight is 415 g/mol. The van der Waals surface area contributed by atoms with Gasteiger partial charge in [-0.2, -0.15) is 0 Å². The van der Waals surface area contributed by atoms with Crippen LogP contribution < -0.4 is 14.8 Å². The van der Waals surface area contributed by atoms with Crippen molar-refractivity contribution >= 4 is 17.6 Å². The smallest absolute Gasteiger partial charge is 0.338 e. The normalized spacial score (nSPS) is 10.6. The molecule has 30 heavy (non-hydrogen) atoms. The van der Waals surface area contributed by atoms with Crippen molar-refractivity contribution in [3.8, 4) is 11.5 Å². The van der Waals surface area contributed by atoms with Gasteiger partial charge in [0, 0.05) is 12.2 Å². The Kier molecular flexibility index (Phi) is 9.15. The predicted octanol–water partition coefficient (Wildman–Crippen LogP) is 3.73. The number of benzene rings is 2. The summed E-state index contributed by atoms with van der Waals surface area (Å²) in [6, 6.07) is 12.4. The molecule has 2 aromatic rings. The topological polar surface area (TPSA) is 77.1 Å². The Morgan fingerprint density at radius 2 is 1.70 bits per heavy atom. The highest BCUT2D eigenvalue weighted by Gasteiger charge is 2.13. The fraction of sp³-hybridized carbons (Fsp3) is 0.391. The number of anilines is 1. The number of hydrogen-bond donors (Lipinski definition) is 1. The quantitative estimate of drug-likeness (QED) is 0.565. The monoisotopic (exact) mass is 414 g/mol. The zero-order chi connectivity index (χ0) is 21.9. The van der Waals surface area contributed by atoms with Crippen molar-refractivity contribution in [1.82, 2.24) is 4.90 Å². The van der Waals surface area contributed by atoms with E-state index in [-0.39, 0.29) is 18.4 Å². The minimum absolute atomic E-state index is 0.126. The highest BCUT2D eigenvalue weighted by atomic mass is 16.5. The summed E-state index contributed by atoms with van der Waals surface area (Å²) in [7, 11) is 1.61. The molecule has 0 aromatic heterocycles. The van der Waals surface area contributed by atoms with E-state index in [1.54, 1.807) is 38.3 Å². The van der Waals surface area contributed by atoms with Crippen molar-refractivity contribution in [2.75, 3.05) is 38.7 Å². The predicted molar refractivity (Wildman–Crippen MR) is 116 cm³/mol. The fourth-order valence-corrected chi connectivity index (χ4v) is 2.93. The van der Waals surface area contributed by atoms with E-state index in [0.717, 1.165) is 5.56 Å².